The number of esters is 1. The van der Waals surface area contributed by atoms with E-state index in [4.69, 9.17) is 25.2 Å². The highest BCUT2D eigenvalue weighted by Crippen LogP contribution is 2.38. The summed E-state index contributed by atoms with van der Waals surface area (Å²) in [4.78, 5) is 30.8. The molecule has 0 spiro atoms. The van der Waals surface area contributed by atoms with E-state index < -0.39 is 16.0 Å². The van der Waals surface area contributed by atoms with Gasteiger partial charge in [0, 0.05) is 42.8 Å². The topological polar surface area (TPSA) is 114 Å². The van der Waals surface area contributed by atoms with Crippen LogP contribution in [0.3, 0.4) is 0 Å². The van der Waals surface area contributed by atoms with Crippen molar-refractivity contribution in [2.45, 2.75) is 64.9 Å². The van der Waals surface area contributed by atoms with E-state index in [0.717, 1.165) is 31.6 Å². The highest BCUT2D eigenvalue weighted by atomic mass is 35.5. The summed E-state index contributed by atoms with van der Waals surface area (Å²) in [6.07, 6.45) is 4.06. The van der Waals surface area contributed by atoms with Crippen LogP contribution in [-0.2, 0) is 34.3 Å². The van der Waals surface area contributed by atoms with Crippen molar-refractivity contribution in [2.24, 2.45) is 0 Å². The zero-order chi connectivity index (χ0) is 36.3. The summed E-state index contributed by atoms with van der Waals surface area (Å²) in [6.45, 7) is 9.43. The standard InChI is InChI=1S/C39H42ClN3O7S/c1-5-30-35(19-18-34-36(30)26(4)37(50-34)39(45)48-7-3)51(46,47)43(6-2)33-17-16-28(41-20-10-11-21-41)23-27(33)24-42(25-29-13-12-22-49-29)38(44)31-14-8-9-15-32(31)40/h8-9,12-19,22-23H,5-7,10-11,20-21,24-25H2,1-4H3. The van der Waals surface area contributed by atoms with Crippen molar-refractivity contribution in [2.75, 3.05) is 35.4 Å². The van der Waals surface area contributed by atoms with E-state index in [-0.39, 0.29) is 42.8 Å². The number of carbonyl (C=O) groups is 2. The van der Waals surface area contributed by atoms with Crippen molar-refractivity contribution in [3.05, 3.63) is 112 Å². The largest absolute Gasteiger partial charge is 0.467 e. The van der Waals surface area contributed by atoms with Crippen molar-refractivity contribution in [3.8, 4) is 0 Å². The number of amides is 1. The molecule has 0 saturated carbocycles. The van der Waals surface area contributed by atoms with Crippen LogP contribution < -0.4 is 9.21 Å². The van der Waals surface area contributed by atoms with Crippen molar-refractivity contribution < 1.29 is 31.6 Å². The number of ether oxygens (including phenoxy) is 1. The van der Waals surface area contributed by atoms with Gasteiger partial charge in [0.05, 0.1) is 40.6 Å². The van der Waals surface area contributed by atoms with Crippen LogP contribution in [0.4, 0.5) is 11.4 Å². The van der Waals surface area contributed by atoms with Crippen LogP contribution in [0.5, 0.6) is 0 Å². The monoisotopic (exact) mass is 731 g/mol. The number of hydrogen-bond donors (Lipinski definition) is 0. The maximum atomic E-state index is 14.9. The fourth-order valence-electron chi connectivity index (χ4n) is 6.89. The lowest BCUT2D eigenvalue weighted by Gasteiger charge is -2.30. The van der Waals surface area contributed by atoms with E-state index in [1.807, 2.05) is 25.1 Å². The number of benzene rings is 3. The lowest BCUT2D eigenvalue weighted by atomic mass is 10.0. The molecule has 6 rings (SSSR count). The SMILES string of the molecule is CCOC(=O)c1oc2ccc(S(=O)(=O)N(CC)c3ccc(N4CCCC4)cc3CN(Cc3ccco3)C(=O)c3ccccc3Cl)c(CC)c2c1C. The maximum absolute atomic E-state index is 14.9. The molecular formula is C39H42ClN3O7S. The Bertz CT molecular complexity index is 2150. The number of fused-ring (bicyclic) bond motifs is 1. The van der Waals surface area contributed by atoms with Gasteiger partial charge in [0.1, 0.15) is 11.3 Å². The number of aryl methyl sites for hydroxylation is 2. The van der Waals surface area contributed by atoms with Gasteiger partial charge in [0.25, 0.3) is 15.9 Å². The highest BCUT2D eigenvalue weighted by Gasteiger charge is 2.32. The van der Waals surface area contributed by atoms with Gasteiger partial charge in [-0.1, -0.05) is 30.7 Å². The summed E-state index contributed by atoms with van der Waals surface area (Å²) in [6, 6.07) is 19.3. The molecule has 0 N–H and O–H groups in total. The fourth-order valence-corrected chi connectivity index (χ4v) is 8.92. The normalized spacial score (nSPS) is 13.2. The predicted molar refractivity (Wildman–Crippen MR) is 198 cm³/mol. The molecular weight excluding hydrogens is 690 g/mol. The average Bonchev–Trinajstić information content (AvgIpc) is 3.91. The first-order chi connectivity index (χ1) is 24.6. The molecule has 10 nitrogen and oxygen atoms in total. The van der Waals surface area contributed by atoms with Crippen LogP contribution in [0.2, 0.25) is 5.02 Å². The Kier molecular flexibility index (Phi) is 10.8. The third kappa shape index (κ3) is 7.10. The Morgan fingerprint density at radius 1 is 0.961 bits per heavy atom. The van der Waals surface area contributed by atoms with Crippen molar-refractivity contribution in [1.82, 2.24) is 4.90 Å². The fraction of sp³-hybridized carbons (Fsp3) is 0.333. The summed E-state index contributed by atoms with van der Waals surface area (Å²) >= 11 is 6.51. The first-order valence-electron chi connectivity index (χ1n) is 17.3. The summed E-state index contributed by atoms with van der Waals surface area (Å²) in [5, 5.41) is 0.899. The number of sulfonamides is 1. The van der Waals surface area contributed by atoms with Gasteiger partial charge in [0.2, 0.25) is 5.76 Å². The number of hydrogen-bond acceptors (Lipinski definition) is 8. The molecule has 1 aliphatic heterocycles. The van der Waals surface area contributed by atoms with Gasteiger partial charge in [-0.25, -0.2) is 13.2 Å². The van der Waals surface area contributed by atoms with Gasteiger partial charge in [-0.3, -0.25) is 9.10 Å². The molecule has 1 saturated heterocycles. The second-order valence-corrected chi connectivity index (χ2v) is 14.7. The molecule has 0 aliphatic carbocycles. The Morgan fingerprint density at radius 3 is 2.39 bits per heavy atom. The van der Waals surface area contributed by atoms with Gasteiger partial charge in [-0.15, -0.1) is 0 Å². The predicted octanol–water partition coefficient (Wildman–Crippen LogP) is 8.38. The van der Waals surface area contributed by atoms with Gasteiger partial charge in [-0.2, -0.15) is 0 Å². The quantitative estimate of drug-likeness (QED) is 0.111. The average molecular weight is 732 g/mol. The van der Waals surface area contributed by atoms with Gasteiger partial charge < -0.3 is 23.4 Å². The number of nitrogens with zero attached hydrogens (tertiary/aromatic N) is 3. The molecule has 51 heavy (non-hydrogen) atoms. The lowest BCUT2D eigenvalue weighted by molar-refractivity contribution is 0.0491. The van der Waals surface area contributed by atoms with Gasteiger partial charge in [-0.05, 0) is 106 Å². The van der Waals surface area contributed by atoms with E-state index in [1.54, 1.807) is 80.5 Å². The molecule has 3 heterocycles. The van der Waals surface area contributed by atoms with Crippen molar-refractivity contribution in [1.29, 1.82) is 0 Å². The highest BCUT2D eigenvalue weighted by molar-refractivity contribution is 7.93. The van der Waals surface area contributed by atoms with E-state index in [2.05, 4.69) is 4.90 Å². The Hall–Kier alpha value is -4.74. The zero-order valence-electron chi connectivity index (χ0n) is 29.3. The van der Waals surface area contributed by atoms with E-state index in [9.17, 15) is 18.0 Å². The van der Waals surface area contributed by atoms with Crippen LogP contribution in [0, 0.1) is 6.92 Å². The second kappa shape index (κ2) is 15.2. The minimum atomic E-state index is -4.18. The molecule has 12 heteroatoms. The number of furan rings is 2. The minimum absolute atomic E-state index is 0.0584. The Balaban J connectivity index is 1.47. The zero-order valence-corrected chi connectivity index (χ0v) is 30.9. The number of rotatable bonds is 13. The first kappa shape index (κ1) is 36.1. The molecule has 1 fully saturated rings. The van der Waals surface area contributed by atoms with Crippen LogP contribution in [0.1, 0.15) is 77.0 Å². The van der Waals surface area contributed by atoms with Crippen LogP contribution in [-0.4, -0.2) is 51.4 Å². The summed E-state index contributed by atoms with van der Waals surface area (Å²) < 4.78 is 47.8. The molecule has 1 aliphatic rings. The van der Waals surface area contributed by atoms with Crippen LogP contribution in [0.25, 0.3) is 11.0 Å². The molecule has 2 aromatic heterocycles. The summed E-state index contributed by atoms with van der Waals surface area (Å²) in [5.74, 6) is -0.276. The number of carbonyl (C=O) groups excluding carboxylic acids is 2. The minimum Gasteiger partial charge on any atom is -0.467 e. The number of halogens is 1. The molecule has 5 aromatic rings. The smallest absolute Gasteiger partial charge is 0.374 e. The molecule has 0 unspecified atom stereocenters. The summed E-state index contributed by atoms with van der Waals surface area (Å²) in [7, 11) is -4.18. The van der Waals surface area contributed by atoms with E-state index in [0.29, 0.717) is 56.1 Å². The Labute approximate surface area is 303 Å². The first-order valence-corrected chi connectivity index (χ1v) is 19.1. The van der Waals surface area contributed by atoms with Crippen molar-refractivity contribution >= 4 is 55.8 Å². The van der Waals surface area contributed by atoms with Crippen molar-refractivity contribution in [3.63, 3.8) is 0 Å². The molecule has 3 aromatic carbocycles. The van der Waals surface area contributed by atoms with Gasteiger partial charge >= 0.3 is 5.97 Å². The summed E-state index contributed by atoms with van der Waals surface area (Å²) in [5.41, 5.74) is 3.89. The van der Waals surface area contributed by atoms with E-state index >= 15 is 0 Å². The molecule has 0 atom stereocenters. The molecule has 268 valence electrons. The van der Waals surface area contributed by atoms with E-state index in [1.165, 1.54) is 4.31 Å². The van der Waals surface area contributed by atoms with Crippen LogP contribution >= 0.6 is 11.6 Å². The lowest BCUT2D eigenvalue weighted by Crippen LogP contribution is -2.35. The Morgan fingerprint density at radius 2 is 1.73 bits per heavy atom. The van der Waals surface area contributed by atoms with Crippen LogP contribution in [0.15, 0.2) is 86.7 Å². The second-order valence-electron chi connectivity index (χ2n) is 12.4. The molecule has 1 amide bonds. The number of anilines is 2. The van der Waals surface area contributed by atoms with Gasteiger partial charge in [0.15, 0.2) is 0 Å². The third-order valence-corrected chi connectivity index (χ3v) is 11.6. The maximum Gasteiger partial charge on any atom is 0.374 e. The molecule has 0 radical (unpaired) electrons. The third-order valence-electron chi connectivity index (χ3n) is 9.31. The molecule has 0 bridgehead atoms.